The van der Waals surface area contributed by atoms with Crippen LogP contribution in [0, 0.1) is 18.9 Å². The summed E-state index contributed by atoms with van der Waals surface area (Å²) in [5, 5.41) is 2.81. The Balaban J connectivity index is 2.97. The van der Waals surface area contributed by atoms with Crippen molar-refractivity contribution >= 4 is 11.6 Å². The fourth-order valence-electron chi connectivity index (χ4n) is 0.711. The largest absolute Gasteiger partial charge is 0.383 e. The summed E-state index contributed by atoms with van der Waals surface area (Å²) in [5.74, 6) is 3.84. The first kappa shape index (κ1) is 8.34. The average molecular weight is 162 g/mol. The van der Waals surface area contributed by atoms with Crippen molar-refractivity contribution in [1.82, 2.24) is 9.97 Å². The molecule has 0 atom stereocenters. The molecular weight excluding hydrogens is 152 g/mol. The van der Waals surface area contributed by atoms with Crippen molar-refractivity contribution in [2.75, 3.05) is 11.1 Å². The lowest BCUT2D eigenvalue weighted by molar-refractivity contribution is 1.14. The Morgan fingerprint density at radius 1 is 1.50 bits per heavy atom. The first-order valence-corrected chi connectivity index (χ1v) is 3.50. The van der Waals surface area contributed by atoms with Gasteiger partial charge in [0.2, 0.25) is 0 Å². The molecule has 1 aromatic heterocycles. The highest BCUT2D eigenvalue weighted by molar-refractivity contribution is 5.56. The number of rotatable bonds is 1. The Labute approximate surface area is 71.2 Å². The summed E-state index contributed by atoms with van der Waals surface area (Å²) in [6, 6.07) is 2.69. The number of hydrogen-bond donors (Lipinski definition) is 2. The predicted octanol–water partition coefficient (Wildman–Crippen LogP) is 0.760. The van der Waals surface area contributed by atoms with E-state index in [1.54, 1.807) is 6.92 Å². The lowest BCUT2D eigenvalue weighted by atomic mass is 10.3. The number of nitrogen functional groups attached to an aromatic ring is 1. The first-order valence-electron chi connectivity index (χ1n) is 3.50. The van der Waals surface area contributed by atoms with Crippen LogP contribution in [0.3, 0.4) is 0 Å². The van der Waals surface area contributed by atoms with Gasteiger partial charge in [0, 0.05) is 11.6 Å². The van der Waals surface area contributed by atoms with Gasteiger partial charge in [-0.3, -0.25) is 5.32 Å². The highest BCUT2D eigenvalue weighted by Crippen LogP contribution is 2.13. The van der Waals surface area contributed by atoms with Gasteiger partial charge in [0.15, 0.2) is 0 Å². The van der Waals surface area contributed by atoms with Crippen LogP contribution in [-0.2, 0) is 0 Å². The highest BCUT2D eigenvalue weighted by Gasteiger charge is 2.00. The van der Waals surface area contributed by atoms with Gasteiger partial charge in [-0.15, -0.1) is 0 Å². The number of nitrogens with two attached hydrogens (primary N) is 1. The molecule has 0 aliphatic heterocycles. The monoisotopic (exact) mass is 162 g/mol. The molecule has 1 heterocycles. The molecule has 0 spiro atoms. The van der Waals surface area contributed by atoms with Crippen LogP contribution >= 0.6 is 0 Å². The van der Waals surface area contributed by atoms with Gasteiger partial charge in [0.1, 0.15) is 18.0 Å². The lowest BCUT2D eigenvalue weighted by Crippen LogP contribution is -2.01. The molecule has 12 heavy (non-hydrogen) atoms. The minimum absolute atomic E-state index is 0.477. The Bertz CT molecular complexity index is 335. The summed E-state index contributed by atoms with van der Waals surface area (Å²) in [7, 11) is 0. The second kappa shape index (κ2) is 3.58. The van der Waals surface area contributed by atoms with Crippen molar-refractivity contribution in [3.8, 4) is 12.0 Å². The van der Waals surface area contributed by atoms with E-state index in [1.165, 1.54) is 6.33 Å². The van der Waals surface area contributed by atoms with Crippen molar-refractivity contribution in [2.24, 2.45) is 0 Å². The third-order valence-corrected chi connectivity index (χ3v) is 1.43. The topological polar surface area (TPSA) is 63.8 Å². The normalized spacial score (nSPS) is 8.50. The first-order chi connectivity index (χ1) is 5.75. The number of nitrogens with one attached hydrogen (secondary N) is 1. The van der Waals surface area contributed by atoms with E-state index in [4.69, 9.17) is 5.73 Å². The summed E-state index contributed by atoms with van der Waals surface area (Å²) in [5.41, 5.74) is 6.37. The molecule has 0 radical (unpaired) electrons. The van der Waals surface area contributed by atoms with Crippen LogP contribution < -0.4 is 11.1 Å². The molecule has 3 N–H and O–H groups in total. The van der Waals surface area contributed by atoms with E-state index in [9.17, 15) is 0 Å². The SMILES string of the molecule is CC#CNc1ncnc(N)c1C. The minimum atomic E-state index is 0.477. The molecule has 0 bridgehead atoms. The van der Waals surface area contributed by atoms with Crippen LogP contribution in [-0.4, -0.2) is 9.97 Å². The molecule has 0 aromatic carbocycles. The van der Waals surface area contributed by atoms with E-state index < -0.39 is 0 Å². The smallest absolute Gasteiger partial charge is 0.145 e. The molecule has 4 heteroatoms. The van der Waals surface area contributed by atoms with Crippen LogP contribution in [0.4, 0.5) is 11.6 Å². The molecule has 62 valence electrons. The molecule has 0 saturated heterocycles. The standard InChI is InChI=1S/C8H10N4/c1-3-4-10-8-6(2)7(9)11-5-12-8/h5H,1-2H3,(H3,9,10,11,12). The number of aromatic nitrogens is 2. The van der Waals surface area contributed by atoms with Crippen LogP contribution in [0.2, 0.25) is 0 Å². The molecule has 0 saturated carbocycles. The van der Waals surface area contributed by atoms with Crippen molar-refractivity contribution in [2.45, 2.75) is 13.8 Å². The second-order valence-electron chi connectivity index (χ2n) is 2.23. The van der Waals surface area contributed by atoms with Crippen LogP contribution in [0.1, 0.15) is 12.5 Å². The molecule has 1 rings (SSSR count). The summed E-state index contributed by atoms with van der Waals surface area (Å²) in [6.45, 7) is 3.59. The maximum Gasteiger partial charge on any atom is 0.145 e. The molecule has 0 fully saturated rings. The maximum absolute atomic E-state index is 5.55. The van der Waals surface area contributed by atoms with E-state index >= 15 is 0 Å². The Hall–Kier alpha value is -1.76. The fraction of sp³-hybridized carbons (Fsp3) is 0.250. The number of anilines is 2. The Kier molecular flexibility index (Phi) is 2.49. The molecule has 0 aliphatic carbocycles. The molecule has 4 nitrogen and oxygen atoms in total. The summed E-state index contributed by atoms with van der Waals surface area (Å²) < 4.78 is 0. The van der Waals surface area contributed by atoms with E-state index in [0.717, 1.165) is 5.56 Å². The zero-order chi connectivity index (χ0) is 8.97. The third kappa shape index (κ3) is 1.64. The predicted molar refractivity (Wildman–Crippen MR) is 48.3 cm³/mol. The van der Waals surface area contributed by atoms with Gasteiger partial charge in [-0.2, -0.15) is 0 Å². The van der Waals surface area contributed by atoms with Crippen LogP contribution in [0.25, 0.3) is 0 Å². The lowest BCUT2D eigenvalue weighted by Gasteiger charge is -2.02. The van der Waals surface area contributed by atoms with E-state index in [1.807, 2.05) is 6.92 Å². The molecule has 0 unspecified atom stereocenters. The number of nitrogens with zero attached hydrogens (tertiary/aromatic N) is 2. The van der Waals surface area contributed by atoms with Crippen molar-refractivity contribution in [1.29, 1.82) is 0 Å². The zero-order valence-corrected chi connectivity index (χ0v) is 7.05. The van der Waals surface area contributed by atoms with Crippen molar-refractivity contribution in [3.63, 3.8) is 0 Å². The van der Waals surface area contributed by atoms with E-state index in [2.05, 4.69) is 27.2 Å². The third-order valence-electron chi connectivity index (χ3n) is 1.43. The van der Waals surface area contributed by atoms with Gasteiger partial charge in [-0.25, -0.2) is 9.97 Å². The molecular formula is C8H10N4. The summed E-state index contributed by atoms with van der Waals surface area (Å²) >= 11 is 0. The summed E-state index contributed by atoms with van der Waals surface area (Å²) in [6.07, 6.45) is 1.40. The fourth-order valence-corrected chi connectivity index (χ4v) is 0.711. The average Bonchev–Trinajstić information content (AvgIpc) is 2.08. The maximum atomic E-state index is 5.55. The van der Waals surface area contributed by atoms with Gasteiger partial charge in [-0.05, 0) is 13.8 Å². The van der Waals surface area contributed by atoms with Crippen molar-refractivity contribution < 1.29 is 0 Å². The highest BCUT2D eigenvalue weighted by atomic mass is 15.0. The van der Waals surface area contributed by atoms with Gasteiger partial charge >= 0.3 is 0 Å². The second-order valence-corrected chi connectivity index (χ2v) is 2.23. The molecule has 0 aliphatic rings. The van der Waals surface area contributed by atoms with Crippen LogP contribution in [0.15, 0.2) is 6.33 Å². The molecule has 0 amide bonds. The van der Waals surface area contributed by atoms with E-state index in [-0.39, 0.29) is 0 Å². The van der Waals surface area contributed by atoms with E-state index in [0.29, 0.717) is 11.6 Å². The molecule has 1 aromatic rings. The summed E-state index contributed by atoms with van der Waals surface area (Å²) in [4.78, 5) is 7.80. The zero-order valence-electron chi connectivity index (χ0n) is 7.05. The minimum Gasteiger partial charge on any atom is -0.383 e. The Morgan fingerprint density at radius 3 is 2.92 bits per heavy atom. The van der Waals surface area contributed by atoms with Crippen molar-refractivity contribution in [3.05, 3.63) is 11.9 Å². The van der Waals surface area contributed by atoms with Gasteiger partial charge in [0.05, 0.1) is 0 Å². The quantitative estimate of drug-likeness (QED) is 0.472. The van der Waals surface area contributed by atoms with Gasteiger partial charge in [0.25, 0.3) is 0 Å². The Morgan fingerprint density at radius 2 is 2.25 bits per heavy atom. The van der Waals surface area contributed by atoms with Gasteiger partial charge < -0.3 is 5.73 Å². The van der Waals surface area contributed by atoms with Crippen LogP contribution in [0.5, 0.6) is 0 Å². The van der Waals surface area contributed by atoms with Gasteiger partial charge in [-0.1, -0.05) is 5.92 Å². The number of hydrogen-bond acceptors (Lipinski definition) is 4.